The molecule has 28 heavy (non-hydrogen) atoms. The van der Waals surface area contributed by atoms with E-state index in [-0.39, 0.29) is 0 Å². The standard InChI is InChI=1S/C23H23NO4/c1-4-19(26-3)14-22(25)17-10-12-20(13-11-17)27-15-21-16(2)28-23(24-21)18-8-6-5-7-9-18/h4-14,22,25H,1,15H2,2-3H3. The van der Waals surface area contributed by atoms with Crippen molar-refractivity contribution in [3.8, 4) is 17.2 Å². The van der Waals surface area contributed by atoms with Crippen molar-refractivity contribution in [1.82, 2.24) is 4.98 Å². The van der Waals surface area contributed by atoms with E-state index in [4.69, 9.17) is 13.9 Å². The number of methoxy groups -OCH3 is 1. The predicted octanol–water partition coefficient (Wildman–Crippen LogP) is 4.98. The Morgan fingerprint density at radius 1 is 1.18 bits per heavy atom. The highest BCUT2D eigenvalue weighted by atomic mass is 16.5. The number of aromatic nitrogens is 1. The van der Waals surface area contributed by atoms with Gasteiger partial charge in [0, 0.05) is 5.56 Å². The van der Waals surface area contributed by atoms with Crippen molar-refractivity contribution in [3.63, 3.8) is 0 Å². The maximum Gasteiger partial charge on any atom is 0.226 e. The Morgan fingerprint density at radius 2 is 1.89 bits per heavy atom. The lowest BCUT2D eigenvalue weighted by Gasteiger charge is -2.10. The number of aliphatic hydroxyl groups is 1. The zero-order valence-electron chi connectivity index (χ0n) is 16.0. The number of hydrogen-bond acceptors (Lipinski definition) is 5. The molecule has 3 rings (SSSR count). The summed E-state index contributed by atoms with van der Waals surface area (Å²) in [5.41, 5.74) is 2.41. The average Bonchev–Trinajstić information content (AvgIpc) is 3.12. The number of benzene rings is 2. The summed E-state index contributed by atoms with van der Waals surface area (Å²) in [7, 11) is 1.53. The number of rotatable bonds is 8. The van der Waals surface area contributed by atoms with Gasteiger partial charge in [-0.15, -0.1) is 0 Å². The molecule has 3 aromatic rings. The van der Waals surface area contributed by atoms with Crippen molar-refractivity contribution in [3.05, 3.63) is 96.1 Å². The van der Waals surface area contributed by atoms with Crippen LogP contribution in [-0.2, 0) is 11.3 Å². The largest absolute Gasteiger partial charge is 0.497 e. The number of nitrogens with zero attached hydrogens (tertiary/aromatic N) is 1. The summed E-state index contributed by atoms with van der Waals surface area (Å²) >= 11 is 0. The fourth-order valence-electron chi connectivity index (χ4n) is 2.65. The molecule has 0 radical (unpaired) electrons. The molecule has 0 aliphatic carbocycles. The first-order chi connectivity index (χ1) is 13.6. The summed E-state index contributed by atoms with van der Waals surface area (Å²) in [6.45, 7) is 5.81. The van der Waals surface area contributed by atoms with Gasteiger partial charge >= 0.3 is 0 Å². The first-order valence-electron chi connectivity index (χ1n) is 8.91. The molecule has 1 heterocycles. The normalized spacial score (nSPS) is 12.5. The minimum atomic E-state index is -0.784. The van der Waals surface area contributed by atoms with E-state index in [9.17, 15) is 5.11 Å². The number of hydrogen-bond donors (Lipinski definition) is 1. The van der Waals surface area contributed by atoms with E-state index in [0.717, 1.165) is 22.6 Å². The van der Waals surface area contributed by atoms with Gasteiger partial charge in [-0.1, -0.05) is 36.9 Å². The van der Waals surface area contributed by atoms with Crippen molar-refractivity contribution in [1.29, 1.82) is 0 Å². The van der Waals surface area contributed by atoms with Gasteiger partial charge in [0.1, 0.15) is 35.7 Å². The molecule has 1 unspecified atom stereocenters. The second-order valence-electron chi connectivity index (χ2n) is 6.17. The van der Waals surface area contributed by atoms with Crippen LogP contribution in [0.5, 0.6) is 5.75 Å². The number of aryl methyl sites for hydroxylation is 1. The molecule has 1 aromatic heterocycles. The van der Waals surface area contributed by atoms with Crippen LogP contribution in [0.15, 0.2) is 83.5 Å². The summed E-state index contributed by atoms with van der Waals surface area (Å²) in [5.74, 6) is 2.51. The molecule has 1 atom stereocenters. The zero-order chi connectivity index (χ0) is 19.9. The molecule has 2 aromatic carbocycles. The highest BCUT2D eigenvalue weighted by molar-refractivity contribution is 5.53. The Balaban J connectivity index is 1.65. The molecule has 0 spiro atoms. The fraction of sp³-hybridized carbons (Fsp3) is 0.174. The number of allylic oxidation sites excluding steroid dienone is 1. The summed E-state index contributed by atoms with van der Waals surface area (Å²) < 4.78 is 16.7. The molecule has 5 nitrogen and oxygen atoms in total. The second-order valence-corrected chi connectivity index (χ2v) is 6.17. The zero-order valence-corrected chi connectivity index (χ0v) is 16.0. The predicted molar refractivity (Wildman–Crippen MR) is 108 cm³/mol. The number of aliphatic hydroxyl groups excluding tert-OH is 1. The third kappa shape index (κ3) is 4.69. The van der Waals surface area contributed by atoms with Crippen LogP contribution < -0.4 is 4.74 Å². The van der Waals surface area contributed by atoms with Crippen LogP contribution in [0.2, 0.25) is 0 Å². The summed E-state index contributed by atoms with van der Waals surface area (Å²) in [5, 5.41) is 10.2. The van der Waals surface area contributed by atoms with Crippen molar-refractivity contribution < 1.29 is 19.0 Å². The molecule has 144 valence electrons. The Labute approximate surface area is 164 Å². The topological polar surface area (TPSA) is 64.7 Å². The lowest BCUT2D eigenvalue weighted by atomic mass is 10.1. The Morgan fingerprint density at radius 3 is 2.54 bits per heavy atom. The van der Waals surface area contributed by atoms with Gasteiger partial charge in [0.25, 0.3) is 0 Å². The van der Waals surface area contributed by atoms with Crippen molar-refractivity contribution >= 4 is 0 Å². The van der Waals surface area contributed by atoms with Crippen molar-refractivity contribution in [2.45, 2.75) is 19.6 Å². The quantitative estimate of drug-likeness (QED) is 0.443. The van der Waals surface area contributed by atoms with Gasteiger partial charge in [0.15, 0.2) is 0 Å². The first kappa shape index (κ1) is 19.5. The van der Waals surface area contributed by atoms with E-state index in [1.807, 2.05) is 37.3 Å². The highest BCUT2D eigenvalue weighted by Gasteiger charge is 2.12. The average molecular weight is 377 g/mol. The molecule has 1 N–H and O–H groups in total. The van der Waals surface area contributed by atoms with Gasteiger partial charge in [-0.3, -0.25) is 0 Å². The van der Waals surface area contributed by atoms with Crippen LogP contribution in [0.4, 0.5) is 0 Å². The summed E-state index contributed by atoms with van der Waals surface area (Å²) in [4.78, 5) is 4.53. The Bertz CT molecular complexity index is 942. The third-order valence-electron chi connectivity index (χ3n) is 4.27. The molecule has 0 aliphatic rings. The molecular weight excluding hydrogens is 354 g/mol. The minimum Gasteiger partial charge on any atom is -0.497 e. The maximum atomic E-state index is 10.2. The van der Waals surface area contributed by atoms with Crippen LogP contribution in [0.3, 0.4) is 0 Å². The number of ether oxygens (including phenoxy) is 2. The van der Waals surface area contributed by atoms with Crippen LogP contribution in [0.25, 0.3) is 11.5 Å². The summed E-state index contributed by atoms with van der Waals surface area (Å²) in [6, 6.07) is 17.0. The van der Waals surface area contributed by atoms with E-state index in [0.29, 0.717) is 24.0 Å². The van der Waals surface area contributed by atoms with Gasteiger partial charge in [0.05, 0.1) is 7.11 Å². The smallest absolute Gasteiger partial charge is 0.226 e. The van der Waals surface area contributed by atoms with E-state index in [2.05, 4.69) is 11.6 Å². The molecule has 0 fully saturated rings. The minimum absolute atomic E-state index is 0.300. The fourth-order valence-corrected chi connectivity index (χ4v) is 2.65. The third-order valence-corrected chi connectivity index (χ3v) is 4.27. The first-order valence-corrected chi connectivity index (χ1v) is 8.91. The molecule has 5 heteroatoms. The van der Waals surface area contributed by atoms with E-state index in [1.165, 1.54) is 7.11 Å². The molecule has 0 bridgehead atoms. The van der Waals surface area contributed by atoms with E-state index < -0.39 is 6.10 Å². The van der Waals surface area contributed by atoms with Crippen LogP contribution in [0, 0.1) is 6.92 Å². The van der Waals surface area contributed by atoms with Gasteiger partial charge < -0.3 is 19.0 Å². The van der Waals surface area contributed by atoms with Gasteiger partial charge in [-0.2, -0.15) is 0 Å². The van der Waals surface area contributed by atoms with Crippen molar-refractivity contribution in [2.75, 3.05) is 7.11 Å². The molecular formula is C23H23NO4. The van der Waals surface area contributed by atoms with Crippen molar-refractivity contribution in [2.24, 2.45) is 0 Å². The van der Waals surface area contributed by atoms with Crippen LogP contribution in [0.1, 0.15) is 23.1 Å². The molecule has 0 aliphatic heterocycles. The van der Waals surface area contributed by atoms with Gasteiger partial charge in [0.2, 0.25) is 5.89 Å². The van der Waals surface area contributed by atoms with E-state index in [1.54, 1.807) is 36.4 Å². The maximum absolute atomic E-state index is 10.2. The molecule has 0 amide bonds. The van der Waals surface area contributed by atoms with Gasteiger partial charge in [-0.05, 0) is 48.9 Å². The van der Waals surface area contributed by atoms with Crippen LogP contribution >= 0.6 is 0 Å². The second kappa shape index (κ2) is 9.06. The van der Waals surface area contributed by atoms with Gasteiger partial charge in [-0.25, -0.2) is 4.98 Å². The molecule has 0 saturated heterocycles. The Hall–Kier alpha value is -3.31. The lowest BCUT2D eigenvalue weighted by molar-refractivity contribution is 0.217. The van der Waals surface area contributed by atoms with E-state index >= 15 is 0 Å². The molecule has 0 saturated carbocycles. The SMILES string of the molecule is C=CC(=CC(O)c1ccc(OCc2nc(-c3ccccc3)oc2C)cc1)OC. The Kier molecular flexibility index (Phi) is 6.29. The number of oxazole rings is 1. The lowest BCUT2D eigenvalue weighted by Crippen LogP contribution is -1.99. The highest BCUT2D eigenvalue weighted by Crippen LogP contribution is 2.24. The summed E-state index contributed by atoms with van der Waals surface area (Å²) in [6.07, 6.45) is 2.35. The van der Waals surface area contributed by atoms with Crippen LogP contribution in [-0.4, -0.2) is 17.2 Å². The monoisotopic (exact) mass is 377 g/mol.